The molecule has 0 fully saturated rings. The second-order valence-corrected chi connectivity index (χ2v) is 5.18. The molecular formula is C14H19F3N2O. The lowest BCUT2D eigenvalue weighted by Crippen LogP contribution is -2.47. The van der Waals surface area contributed by atoms with E-state index in [2.05, 4.69) is 0 Å². The van der Waals surface area contributed by atoms with Gasteiger partial charge in [-0.2, -0.15) is 13.2 Å². The summed E-state index contributed by atoms with van der Waals surface area (Å²) >= 11 is 0. The third-order valence-corrected chi connectivity index (χ3v) is 3.21. The van der Waals surface area contributed by atoms with Crippen LogP contribution in [0, 0.1) is 0 Å². The van der Waals surface area contributed by atoms with Crippen LogP contribution < -0.4 is 5.73 Å². The number of carbonyl (C=O) groups is 1. The minimum Gasteiger partial charge on any atom is -0.399 e. The van der Waals surface area contributed by atoms with Crippen molar-refractivity contribution >= 4 is 11.6 Å². The highest BCUT2D eigenvalue weighted by molar-refractivity contribution is 5.87. The highest BCUT2D eigenvalue weighted by Gasteiger charge is 2.38. The zero-order valence-electron chi connectivity index (χ0n) is 11.8. The van der Waals surface area contributed by atoms with Gasteiger partial charge in [0.1, 0.15) is 6.54 Å². The molecule has 0 bridgehead atoms. The van der Waals surface area contributed by atoms with Crippen molar-refractivity contribution in [2.24, 2.45) is 0 Å². The Morgan fingerprint density at radius 2 is 1.70 bits per heavy atom. The predicted molar refractivity (Wildman–Crippen MR) is 72.2 cm³/mol. The topological polar surface area (TPSA) is 46.3 Å². The molecule has 112 valence electrons. The summed E-state index contributed by atoms with van der Waals surface area (Å²) in [6, 6.07) is 6.58. The molecule has 0 unspecified atom stereocenters. The summed E-state index contributed by atoms with van der Waals surface area (Å²) in [4.78, 5) is 13.2. The van der Waals surface area contributed by atoms with Crippen molar-refractivity contribution in [1.29, 1.82) is 0 Å². The molecule has 6 heteroatoms. The van der Waals surface area contributed by atoms with E-state index in [1.54, 1.807) is 38.1 Å². The number of amides is 1. The molecule has 0 saturated heterocycles. The molecule has 1 amide bonds. The average molecular weight is 288 g/mol. The van der Waals surface area contributed by atoms with E-state index in [1.807, 2.05) is 0 Å². The molecule has 0 spiro atoms. The standard InChI is InChI=1S/C14H19F3N2O/c1-4-19(9-14(15,16)17)12(20)13(2,3)10-5-7-11(18)8-6-10/h5-8H,4,9,18H2,1-3H3. The number of halogens is 3. The highest BCUT2D eigenvalue weighted by Crippen LogP contribution is 2.28. The van der Waals surface area contributed by atoms with Gasteiger partial charge < -0.3 is 10.6 Å². The maximum atomic E-state index is 12.5. The van der Waals surface area contributed by atoms with Crippen LogP contribution >= 0.6 is 0 Å². The zero-order chi connectivity index (χ0) is 15.6. The Hall–Kier alpha value is -1.72. The molecule has 1 aromatic carbocycles. The van der Waals surface area contributed by atoms with Crippen molar-refractivity contribution in [3.05, 3.63) is 29.8 Å². The maximum absolute atomic E-state index is 12.5. The van der Waals surface area contributed by atoms with E-state index in [-0.39, 0.29) is 6.54 Å². The Morgan fingerprint density at radius 1 is 1.20 bits per heavy atom. The number of nitrogen functional groups attached to an aromatic ring is 1. The highest BCUT2D eigenvalue weighted by atomic mass is 19.4. The zero-order valence-corrected chi connectivity index (χ0v) is 11.8. The monoisotopic (exact) mass is 288 g/mol. The fraction of sp³-hybridized carbons (Fsp3) is 0.500. The van der Waals surface area contributed by atoms with Crippen LogP contribution in [0.4, 0.5) is 18.9 Å². The molecule has 3 nitrogen and oxygen atoms in total. The summed E-state index contributed by atoms with van der Waals surface area (Å²) in [6.45, 7) is 3.53. The third kappa shape index (κ3) is 3.88. The van der Waals surface area contributed by atoms with Crippen molar-refractivity contribution in [2.75, 3.05) is 18.8 Å². The van der Waals surface area contributed by atoms with Crippen LogP contribution in [0.1, 0.15) is 26.3 Å². The van der Waals surface area contributed by atoms with Gasteiger partial charge in [0, 0.05) is 12.2 Å². The lowest BCUT2D eigenvalue weighted by molar-refractivity contribution is -0.163. The number of likely N-dealkylation sites (N-methyl/N-ethyl adjacent to an activating group) is 1. The van der Waals surface area contributed by atoms with E-state index in [9.17, 15) is 18.0 Å². The fourth-order valence-corrected chi connectivity index (χ4v) is 1.96. The van der Waals surface area contributed by atoms with Gasteiger partial charge in [0.25, 0.3) is 0 Å². The molecule has 0 aliphatic carbocycles. The number of nitrogens with two attached hydrogens (primary N) is 1. The van der Waals surface area contributed by atoms with Gasteiger partial charge in [-0.05, 0) is 38.5 Å². The Balaban J connectivity index is 3.00. The molecule has 0 aliphatic rings. The molecular weight excluding hydrogens is 269 g/mol. The van der Waals surface area contributed by atoms with E-state index in [4.69, 9.17) is 5.73 Å². The Kier molecular flexibility index (Phi) is 4.68. The van der Waals surface area contributed by atoms with Gasteiger partial charge in [0.15, 0.2) is 0 Å². The number of rotatable bonds is 4. The van der Waals surface area contributed by atoms with Gasteiger partial charge in [-0.25, -0.2) is 0 Å². The van der Waals surface area contributed by atoms with Crippen molar-refractivity contribution in [3.63, 3.8) is 0 Å². The first kappa shape index (κ1) is 16.3. The van der Waals surface area contributed by atoms with Crippen LogP contribution in [0.5, 0.6) is 0 Å². The molecule has 0 aliphatic heterocycles. The van der Waals surface area contributed by atoms with E-state index in [1.165, 1.54) is 6.92 Å². The van der Waals surface area contributed by atoms with Crippen molar-refractivity contribution in [2.45, 2.75) is 32.4 Å². The van der Waals surface area contributed by atoms with E-state index >= 15 is 0 Å². The van der Waals surface area contributed by atoms with Gasteiger partial charge in [0.2, 0.25) is 5.91 Å². The molecule has 0 heterocycles. The number of anilines is 1. The van der Waals surface area contributed by atoms with Gasteiger partial charge >= 0.3 is 6.18 Å². The van der Waals surface area contributed by atoms with Gasteiger partial charge in [-0.15, -0.1) is 0 Å². The molecule has 0 aromatic heterocycles. The van der Waals surface area contributed by atoms with Crippen LogP contribution in [0.15, 0.2) is 24.3 Å². The van der Waals surface area contributed by atoms with Gasteiger partial charge in [-0.1, -0.05) is 12.1 Å². The van der Waals surface area contributed by atoms with E-state index < -0.39 is 24.0 Å². The van der Waals surface area contributed by atoms with Crippen LogP contribution in [0.25, 0.3) is 0 Å². The van der Waals surface area contributed by atoms with E-state index in [0.29, 0.717) is 11.3 Å². The first-order valence-corrected chi connectivity index (χ1v) is 6.30. The second kappa shape index (κ2) is 5.73. The quantitative estimate of drug-likeness (QED) is 0.866. The Bertz CT molecular complexity index is 466. The van der Waals surface area contributed by atoms with Crippen LogP contribution in [-0.4, -0.2) is 30.1 Å². The molecule has 2 N–H and O–H groups in total. The Labute approximate surface area is 116 Å². The van der Waals surface area contributed by atoms with Crippen molar-refractivity contribution < 1.29 is 18.0 Å². The Morgan fingerprint density at radius 3 is 2.10 bits per heavy atom. The minimum atomic E-state index is -4.40. The summed E-state index contributed by atoms with van der Waals surface area (Å²) in [6.07, 6.45) is -4.40. The predicted octanol–water partition coefficient (Wildman–Crippen LogP) is 2.96. The lowest BCUT2D eigenvalue weighted by Gasteiger charge is -2.32. The number of benzene rings is 1. The summed E-state index contributed by atoms with van der Waals surface area (Å²) in [5.74, 6) is -0.554. The van der Waals surface area contributed by atoms with Crippen molar-refractivity contribution in [3.8, 4) is 0 Å². The molecule has 0 radical (unpaired) electrons. The van der Waals surface area contributed by atoms with Crippen molar-refractivity contribution in [1.82, 2.24) is 4.90 Å². The fourth-order valence-electron chi connectivity index (χ4n) is 1.96. The third-order valence-electron chi connectivity index (χ3n) is 3.21. The summed E-state index contributed by atoms with van der Waals surface area (Å²) in [7, 11) is 0. The number of carbonyl (C=O) groups excluding carboxylic acids is 1. The minimum absolute atomic E-state index is 0.0107. The summed E-state index contributed by atoms with van der Waals surface area (Å²) in [5, 5.41) is 0. The van der Waals surface area contributed by atoms with Gasteiger partial charge in [0.05, 0.1) is 5.41 Å². The number of alkyl halides is 3. The van der Waals surface area contributed by atoms with Crippen LogP contribution in [0.3, 0.4) is 0 Å². The number of nitrogens with zero attached hydrogens (tertiary/aromatic N) is 1. The van der Waals surface area contributed by atoms with Gasteiger partial charge in [-0.3, -0.25) is 4.79 Å². The van der Waals surface area contributed by atoms with E-state index in [0.717, 1.165) is 4.90 Å². The second-order valence-electron chi connectivity index (χ2n) is 5.18. The summed E-state index contributed by atoms with van der Waals surface area (Å²) < 4.78 is 37.5. The smallest absolute Gasteiger partial charge is 0.399 e. The largest absolute Gasteiger partial charge is 0.406 e. The number of hydrogen-bond acceptors (Lipinski definition) is 2. The first-order valence-electron chi connectivity index (χ1n) is 6.30. The normalized spacial score (nSPS) is 12.3. The molecule has 1 rings (SSSR count). The number of hydrogen-bond donors (Lipinski definition) is 1. The summed E-state index contributed by atoms with van der Waals surface area (Å²) in [5.41, 5.74) is 5.72. The van der Waals surface area contributed by atoms with Crippen LogP contribution in [0.2, 0.25) is 0 Å². The molecule has 1 aromatic rings. The average Bonchev–Trinajstić information content (AvgIpc) is 2.34. The molecule has 0 saturated carbocycles. The van der Waals surface area contributed by atoms with Crippen LogP contribution in [-0.2, 0) is 10.2 Å². The maximum Gasteiger partial charge on any atom is 0.406 e. The first-order chi connectivity index (χ1) is 9.08. The molecule has 20 heavy (non-hydrogen) atoms. The SMILES string of the molecule is CCN(CC(F)(F)F)C(=O)C(C)(C)c1ccc(N)cc1. The molecule has 0 atom stereocenters. The lowest BCUT2D eigenvalue weighted by atomic mass is 9.83.